The van der Waals surface area contributed by atoms with Crippen molar-refractivity contribution in [3.05, 3.63) is 58.9 Å². The molecule has 4 rings (SSSR count). The second-order valence-electron chi connectivity index (χ2n) is 8.53. The third-order valence-corrected chi connectivity index (χ3v) is 6.07. The highest BCUT2D eigenvalue weighted by atomic mass is 35.5. The molecule has 8 heteroatoms. The van der Waals surface area contributed by atoms with Gasteiger partial charge in [-0.1, -0.05) is 17.7 Å². The second-order valence-corrected chi connectivity index (χ2v) is 8.96. The molecule has 0 spiro atoms. The normalized spacial score (nSPS) is 22.0. The van der Waals surface area contributed by atoms with Crippen molar-refractivity contribution >= 4 is 17.5 Å². The highest BCUT2D eigenvalue weighted by Crippen LogP contribution is 2.27. The van der Waals surface area contributed by atoms with Crippen LogP contribution in [-0.2, 0) is 20.8 Å². The summed E-state index contributed by atoms with van der Waals surface area (Å²) in [5, 5.41) is 0.654. The molecule has 1 unspecified atom stereocenters. The lowest BCUT2D eigenvalue weighted by molar-refractivity contribution is -0.159. The minimum atomic E-state index is -0.732. The summed E-state index contributed by atoms with van der Waals surface area (Å²) in [6, 6.07) is 9.40. The molecule has 172 valence electrons. The molecule has 7 nitrogen and oxygen atoms in total. The minimum absolute atomic E-state index is 0.0760. The molecular formula is C24H30ClN3O4. The number of morpholine rings is 2. The molecule has 1 aromatic heterocycles. The fourth-order valence-corrected chi connectivity index (χ4v) is 4.34. The molecule has 0 saturated carbocycles. The van der Waals surface area contributed by atoms with Crippen LogP contribution in [0.4, 0.5) is 0 Å². The smallest absolute Gasteiger partial charge is 0.225 e. The Labute approximate surface area is 194 Å². The molecule has 1 atom stereocenters. The van der Waals surface area contributed by atoms with Crippen molar-refractivity contribution in [2.45, 2.75) is 25.5 Å². The monoisotopic (exact) mass is 459 g/mol. The van der Waals surface area contributed by atoms with Crippen LogP contribution in [0.3, 0.4) is 0 Å². The molecule has 0 radical (unpaired) electrons. The number of aryl methyl sites for hydroxylation is 1. The third kappa shape index (κ3) is 6.19. The summed E-state index contributed by atoms with van der Waals surface area (Å²) >= 11 is 6.00. The standard InChI is InChI=1S/C24H30ClN3O4/c1-19-12-20(15-26-14-19)16-27-6-11-32-24(17-27,13-23(29)28-7-9-30-10-8-28)18-31-22-4-2-21(25)3-5-22/h2-5,12,14-15H,6-11,13,16-18H2,1H3. The van der Waals surface area contributed by atoms with Crippen LogP contribution in [0.5, 0.6) is 5.75 Å². The lowest BCUT2D eigenvalue weighted by Gasteiger charge is -2.43. The molecule has 2 fully saturated rings. The van der Waals surface area contributed by atoms with Crippen molar-refractivity contribution in [1.29, 1.82) is 0 Å². The van der Waals surface area contributed by atoms with E-state index in [1.165, 1.54) is 0 Å². The van der Waals surface area contributed by atoms with Crippen molar-refractivity contribution in [3.63, 3.8) is 0 Å². The number of halogens is 1. The summed E-state index contributed by atoms with van der Waals surface area (Å²) in [5.74, 6) is 0.781. The first-order valence-corrected chi connectivity index (χ1v) is 11.4. The van der Waals surface area contributed by atoms with Gasteiger partial charge in [0.25, 0.3) is 0 Å². The summed E-state index contributed by atoms with van der Waals surface area (Å²) in [5.41, 5.74) is 1.55. The molecule has 2 aliphatic heterocycles. The van der Waals surface area contributed by atoms with E-state index in [4.69, 9.17) is 25.8 Å². The van der Waals surface area contributed by atoms with Gasteiger partial charge in [0, 0.05) is 50.1 Å². The number of ether oxygens (including phenoxy) is 3. The van der Waals surface area contributed by atoms with Gasteiger partial charge in [-0.25, -0.2) is 0 Å². The maximum absolute atomic E-state index is 13.1. The van der Waals surface area contributed by atoms with Gasteiger partial charge in [0.2, 0.25) is 5.91 Å². The first kappa shape index (κ1) is 23.0. The molecule has 2 aromatic rings. The number of benzene rings is 1. The van der Waals surface area contributed by atoms with E-state index in [9.17, 15) is 4.79 Å². The first-order valence-electron chi connectivity index (χ1n) is 11.0. The minimum Gasteiger partial charge on any atom is -0.491 e. The van der Waals surface area contributed by atoms with Gasteiger partial charge in [-0.15, -0.1) is 0 Å². The van der Waals surface area contributed by atoms with E-state index in [1.807, 2.05) is 36.4 Å². The van der Waals surface area contributed by atoms with Crippen molar-refractivity contribution in [2.24, 2.45) is 0 Å². The number of amides is 1. The Morgan fingerprint density at radius 1 is 1.16 bits per heavy atom. The summed E-state index contributed by atoms with van der Waals surface area (Å²) in [6.07, 6.45) is 4.02. The molecule has 3 heterocycles. The summed E-state index contributed by atoms with van der Waals surface area (Å²) < 4.78 is 17.8. The Hall–Kier alpha value is -2.19. The van der Waals surface area contributed by atoms with Crippen LogP contribution in [0.15, 0.2) is 42.7 Å². The van der Waals surface area contributed by atoms with Crippen LogP contribution in [0.1, 0.15) is 17.5 Å². The van der Waals surface area contributed by atoms with E-state index in [2.05, 4.69) is 16.0 Å². The zero-order chi connectivity index (χ0) is 22.4. The Kier molecular flexibility index (Phi) is 7.63. The molecule has 2 saturated heterocycles. The Morgan fingerprint density at radius 3 is 2.69 bits per heavy atom. The Balaban J connectivity index is 1.48. The van der Waals surface area contributed by atoms with Crippen molar-refractivity contribution in [2.75, 3.05) is 52.6 Å². The maximum Gasteiger partial charge on any atom is 0.225 e. The maximum atomic E-state index is 13.1. The summed E-state index contributed by atoms with van der Waals surface area (Å²) in [6.45, 7) is 7.41. The highest BCUT2D eigenvalue weighted by Gasteiger charge is 2.41. The lowest BCUT2D eigenvalue weighted by atomic mass is 9.96. The Bertz CT molecular complexity index is 904. The molecule has 1 amide bonds. The van der Waals surface area contributed by atoms with Gasteiger partial charge in [0.1, 0.15) is 18.0 Å². The van der Waals surface area contributed by atoms with Crippen molar-refractivity contribution < 1.29 is 19.0 Å². The van der Waals surface area contributed by atoms with Crippen LogP contribution < -0.4 is 4.74 Å². The predicted octanol–water partition coefficient (Wildman–Crippen LogP) is 2.94. The second kappa shape index (κ2) is 10.6. The highest BCUT2D eigenvalue weighted by molar-refractivity contribution is 6.30. The molecule has 2 aliphatic rings. The van der Waals surface area contributed by atoms with Crippen molar-refractivity contribution in [1.82, 2.24) is 14.8 Å². The molecule has 0 bridgehead atoms. The van der Waals surface area contributed by atoms with Crippen LogP contribution in [0, 0.1) is 6.92 Å². The van der Waals surface area contributed by atoms with E-state index in [0.29, 0.717) is 50.2 Å². The zero-order valence-electron chi connectivity index (χ0n) is 18.5. The number of hydrogen-bond acceptors (Lipinski definition) is 6. The Morgan fingerprint density at radius 2 is 1.94 bits per heavy atom. The fraction of sp³-hybridized carbons (Fsp3) is 0.500. The summed E-state index contributed by atoms with van der Waals surface area (Å²) in [4.78, 5) is 21.6. The van der Waals surface area contributed by atoms with E-state index < -0.39 is 5.60 Å². The molecule has 0 N–H and O–H groups in total. The molecular weight excluding hydrogens is 430 g/mol. The van der Waals surface area contributed by atoms with Crippen LogP contribution in [0.25, 0.3) is 0 Å². The number of nitrogens with zero attached hydrogens (tertiary/aromatic N) is 3. The third-order valence-electron chi connectivity index (χ3n) is 5.82. The molecule has 1 aromatic carbocycles. The largest absolute Gasteiger partial charge is 0.491 e. The average molecular weight is 460 g/mol. The number of hydrogen-bond donors (Lipinski definition) is 0. The van der Waals surface area contributed by atoms with Gasteiger partial charge in [-0.3, -0.25) is 14.7 Å². The van der Waals surface area contributed by atoms with E-state index in [0.717, 1.165) is 24.2 Å². The quantitative estimate of drug-likeness (QED) is 0.634. The molecule has 0 aliphatic carbocycles. The van der Waals surface area contributed by atoms with Crippen LogP contribution >= 0.6 is 11.6 Å². The van der Waals surface area contributed by atoms with Gasteiger partial charge in [0.05, 0.1) is 26.2 Å². The number of pyridine rings is 1. The number of carbonyl (C=O) groups excluding carboxylic acids is 1. The first-order chi connectivity index (χ1) is 15.5. The van der Waals surface area contributed by atoms with E-state index in [-0.39, 0.29) is 18.9 Å². The van der Waals surface area contributed by atoms with Gasteiger partial charge in [0.15, 0.2) is 0 Å². The predicted molar refractivity (Wildman–Crippen MR) is 122 cm³/mol. The number of aromatic nitrogens is 1. The van der Waals surface area contributed by atoms with E-state index >= 15 is 0 Å². The SMILES string of the molecule is Cc1cncc(CN2CCOC(COc3ccc(Cl)cc3)(CC(=O)N3CCOCC3)C2)c1. The van der Waals surface area contributed by atoms with Gasteiger partial charge in [-0.2, -0.15) is 0 Å². The van der Waals surface area contributed by atoms with E-state index in [1.54, 1.807) is 12.1 Å². The summed E-state index contributed by atoms with van der Waals surface area (Å²) in [7, 11) is 0. The van der Waals surface area contributed by atoms with Crippen molar-refractivity contribution in [3.8, 4) is 5.75 Å². The topological polar surface area (TPSA) is 64.1 Å². The van der Waals surface area contributed by atoms with Gasteiger partial charge >= 0.3 is 0 Å². The van der Waals surface area contributed by atoms with Crippen LogP contribution in [-0.4, -0.2) is 78.9 Å². The van der Waals surface area contributed by atoms with Gasteiger partial charge in [-0.05, 0) is 42.3 Å². The zero-order valence-corrected chi connectivity index (χ0v) is 19.2. The molecule has 32 heavy (non-hydrogen) atoms. The van der Waals surface area contributed by atoms with Crippen LogP contribution in [0.2, 0.25) is 5.02 Å². The van der Waals surface area contributed by atoms with Gasteiger partial charge < -0.3 is 19.1 Å². The number of carbonyl (C=O) groups is 1. The fourth-order valence-electron chi connectivity index (χ4n) is 4.21. The average Bonchev–Trinajstić information content (AvgIpc) is 2.80. The number of rotatable bonds is 7. The lowest BCUT2D eigenvalue weighted by Crippen LogP contribution is -2.57.